The SMILES string of the molecule is CN(CC(N)=O)S(=O)(=O)c1ccc(F)cc1N. The molecule has 0 aliphatic rings. The van der Waals surface area contributed by atoms with E-state index in [2.05, 4.69) is 0 Å². The molecule has 0 aromatic heterocycles. The molecule has 0 bridgehead atoms. The maximum absolute atomic E-state index is 12.8. The summed E-state index contributed by atoms with van der Waals surface area (Å²) >= 11 is 0. The van der Waals surface area contributed by atoms with Crippen molar-refractivity contribution >= 4 is 21.6 Å². The molecule has 0 aliphatic carbocycles. The summed E-state index contributed by atoms with van der Waals surface area (Å²) in [7, 11) is -2.76. The van der Waals surface area contributed by atoms with E-state index in [0.717, 1.165) is 22.5 Å². The van der Waals surface area contributed by atoms with Crippen LogP contribution in [0.2, 0.25) is 0 Å². The van der Waals surface area contributed by atoms with E-state index in [1.165, 1.54) is 7.05 Å². The van der Waals surface area contributed by atoms with Crippen LogP contribution in [-0.2, 0) is 14.8 Å². The van der Waals surface area contributed by atoms with Gasteiger partial charge in [0.15, 0.2) is 0 Å². The molecule has 1 rings (SSSR count). The minimum absolute atomic E-state index is 0.221. The summed E-state index contributed by atoms with van der Waals surface area (Å²) in [6.45, 7) is -0.473. The maximum Gasteiger partial charge on any atom is 0.245 e. The summed E-state index contributed by atoms with van der Waals surface area (Å²) in [4.78, 5) is 10.4. The summed E-state index contributed by atoms with van der Waals surface area (Å²) in [6.07, 6.45) is 0. The van der Waals surface area contributed by atoms with Gasteiger partial charge in [-0.15, -0.1) is 0 Å². The average molecular weight is 261 g/mol. The predicted molar refractivity (Wildman–Crippen MR) is 59.8 cm³/mol. The van der Waals surface area contributed by atoms with E-state index in [0.29, 0.717) is 0 Å². The quantitative estimate of drug-likeness (QED) is 0.713. The third-order valence-corrected chi connectivity index (χ3v) is 3.92. The number of halogens is 1. The number of nitrogens with two attached hydrogens (primary N) is 2. The van der Waals surface area contributed by atoms with Crippen LogP contribution >= 0.6 is 0 Å². The zero-order chi connectivity index (χ0) is 13.2. The van der Waals surface area contributed by atoms with Gasteiger partial charge in [-0.25, -0.2) is 12.8 Å². The van der Waals surface area contributed by atoms with E-state index in [4.69, 9.17) is 11.5 Å². The summed E-state index contributed by atoms with van der Waals surface area (Å²) in [5.41, 5.74) is 10.1. The van der Waals surface area contributed by atoms with Crippen molar-refractivity contribution in [3.8, 4) is 0 Å². The Morgan fingerprint density at radius 3 is 2.53 bits per heavy atom. The Labute approximate surface area is 98.1 Å². The molecule has 0 saturated carbocycles. The number of carbonyl (C=O) groups is 1. The van der Waals surface area contributed by atoms with Gasteiger partial charge in [-0.3, -0.25) is 4.79 Å². The van der Waals surface area contributed by atoms with Gasteiger partial charge in [-0.1, -0.05) is 0 Å². The largest absolute Gasteiger partial charge is 0.398 e. The first-order valence-electron chi connectivity index (χ1n) is 4.55. The number of benzene rings is 1. The number of likely N-dealkylation sites (N-methyl/N-ethyl adjacent to an activating group) is 1. The summed E-state index contributed by atoms with van der Waals surface area (Å²) in [6, 6.07) is 2.91. The van der Waals surface area contributed by atoms with Crippen LogP contribution in [0.5, 0.6) is 0 Å². The molecule has 0 unspecified atom stereocenters. The number of amides is 1. The highest BCUT2D eigenvalue weighted by atomic mass is 32.2. The summed E-state index contributed by atoms with van der Waals surface area (Å²) in [5, 5.41) is 0. The summed E-state index contributed by atoms with van der Waals surface area (Å²) < 4.78 is 37.4. The lowest BCUT2D eigenvalue weighted by atomic mass is 10.3. The molecule has 1 aromatic rings. The molecule has 94 valence electrons. The second-order valence-corrected chi connectivity index (χ2v) is 5.42. The average Bonchev–Trinajstić information content (AvgIpc) is 2.15. The Hall–Kier alpha value is -1.67. The number of hydrogen-bond donors (Lipinski definition) is 2. The number of carbonyl (C=O) groups excluding carboxylic acids is 1. The van der Waals surface area contributed by atoms with Gasteiger partial charge in [0.1, 0.15) is 10.7 Å². The number of nitrogens with zero attached hydrogens (tertiary/aromatic N) is 1. The predicted octanol–water partition coefficient (Wildman–Crippen LogP) is -0.486. The molecule has 1 amide bonds. The van der Waals surface area contributed by atoms with Crippen LogP contribution in [0.4, 0.5) is 10.1 Å². The van der Waals surface area contributed by atoms with E-state index < -0.39 is 28.3 Å². The van der Waals surface area contributed by atoms with E-state index in [1.54, 1.807) is 0 Å². The zero-order valence-corrected chi connectivity index (χ0v) is 9.87. The number of sulfonamides is 1. The van der Waals surface area contributed by atoms with Crippen LogP contribution < -0.4 is 11.5 Å². The van der Waals surface area contributed by atoms with Crippen LogP contribution in [0, 0.1) is 5.82 Å². The molecule has 8 heteroatoms. The van der Waals surface area contributed by atoms with Gasteiger partial charge in [-0.2, -0.15) is 4.31 Å². The number of anilines is 1. The Morgan fingerprint density at radius 1 is 1.47 bits per heavy atom. The first kappa shape index (κ1) is 13.4. The van der Waals surface area contributed by atoms with Gasteiger partial charge >= 0.3 is 0 Å². The summed E-state index contributed by atoms with van der Waals surface area (Å²) in [5.74, 6) is -1.43. The van der Waals surface area contributed by atoms with Crippen molar-refractivity contribution in [1.29, 1.82) is 0 Å². The fraction of sp³-hybridized carbons (Fsp3) is 0.222. The normalized spacial score (nSPS) is 11.7. The minimum atomic E-state index is -3.94. The van der Waals surface area contributed by atoms with Gasteiger partial charge in [-0.05, 0) is 18.2 Å². The first-order chi connectivity index (χ1) is 7.75. The van der Waals surface area contributed by atoms with Crippen molar-refractivity contribution in [3.63, 3.8) is 0 Å². The smallest absolute Gasteiger partial charge is 0.245 e. The Kier molecular flexibility index (Phi) is 3.69. The van der Waals surface area contributed by atoms with E-state index >= 15 is 0 Å². The third kappa shape index (κ3) is 2.92. The molecule has 6 nitrogen and oxygen atoms in total. The van der Waals surface area contributed by atoms with Crippen molar-refractivity contribution in [1.82, 2.24) is 4.31 Å². The van der Waals surface area contributed by atoms with Crippen LogP contribution in [-0.4, -0.2) is 32.2 Å². The Morgan fingerprint density at radius 2 is 2.06 bits per heavy atom. The second-order valence-electron chi connectivity index (χ2n) is 3.41. The number of nitrogen functional groups attached to an aromatic ring is 1. The molecule has 0 heterocycles. The van der Waals surface area contributed by atoms with Crippen molar-refractivity contribution in [2.45, 2.75) is 4.90 Å². The second kappa shape index (κ2) is 4.68. The van der Waals surface area contributed by atoms with Crippen molar-refractivity contribution in [2.24, 2.45) is 5.73 Å². The van der Waals surface area contributed by atoms with Gasteiger partial charge in [0.05, 0.1) is 12.2 Å². The zero-order valence-electron chi connectivity index (χ0n) is 9.05. The van der Waals surface area contributed by atoms with Crippen molar-refractivity contribution in [2.75, 3.05) is 19.3 Å². The molecular weight excluding hydrogens is 249 g/mol. The molecule has 0 radical (unpaired) electrons. The highest BCUT2D eigenvalue weighted by Gasteiger charge is 2.24. The Bertz CT molecular complexity index is 544. The van der Waals surface area contributed by atoms with Crippen LogP contribution in [0.1, 0.15) is 0 Å². The van der Waals surface area contributed by atoms with Crippen LogP contribution in [0.15, 0.2) is 23.1 Å². The molecule has 0 saturated heterocycles. The highest BCUT2D eigenvalue weighted by Crippen LogP contribution is 2.21. The molecule has 0 atom stereocenters. The number of rotatable bonds is 4. The highest BCUT2D eigenvalue weighted by molar-refractivity contribution is 7.89. The Balaban J connectivity index is 3.17. The van der Waals surface area contributed by atoms with Gasteiger partial charge in [0.25, 0.3) is 0 Å². The molecule has 1 aromatic carbocycles. The minimum Gasteiger partial charge on any atom is -0.398 e. The monoisotopic (exact) mass is 261 g/mol. The van der Waals surface area contributed by atoms with E-state index in [9.17, 15) is 17.6 Å². The van der Waals surface area contributed by atoms with Gasteiger partial charge in [0.2, 0.25) is 15.9 Å². The van der Waals surface area contributed by atoms with Crippen LogP contribution in [0.3, 0.4) is 0 Å². The number of hydrogen-bond acceptors (Lipinski definition) is 4. The van der Waals surface area contributed by atoms with E-state index in [-0.39, 0.29) is 10.6 Å². The fourth-order valence-corrected chi connectivity index (χ4v) is 2.46. The van der Waals surface area contributed by atoms with Gasteiger partial charge < -0.3 is 11.5 Å². The first-order valence-corrected chi connectivity index (χ1v) is 5.99. The fourth-order valence-electron chi connectivity index (χ4n) is 1.23. The standard InChI is InChI=1S/C9H12FN3O3S/c1-13(5-9(12)14)17(15,16)8-3-2-6(10)4-7(8)11/h2-4H,5,11H2,1H3,(H2,12,14). The molecule has 0 fully saturated rings. The number of primary amides is 1. The molecule has 0 spiro atoms. The molecule has 4 N–H and O–H groups in total. The lowest BCUT2D eigenvalue weighted by Crippen LogP contribution is -2.35. The molecule has 17 heavy (non-hydrogen) atoms. The van der Waals surface area contributed by atoms with Crippen LogP contribution in [0.25, 0.3) is 0 Å². The lowest BCUT2D eigenvalue weighted by molar-refractivity contribution is -0.118. The van der Waals surface area contributed by atoms with Crippen molar-refractivity contribution < 1.29 is 17.6 Å². The molecular formula is C9H12FN3O3S. The third-order valence-electron chi connectivity index (χ3n) is 2.04. The lowest BCUT2D eigenvalue weighted by Gasteiger charge is -2.16. The maximum atomic E-state index is 12.8. The van der Waals surface area contributed by atoms with Crippen molar-refractivity contribution in [3.05, 3.63) is 24.0 Å². The van der Waals surface area contributed by atoms with Gasteiger partial charge in [0, 0.05) is 7.05 Å². The van der Waals surface area contributed by atoms with E-state index in [1.807, 2.05) is 0 Å². The topological polar surface area (TPSA) is 106 Å². The molecule has 0 aliphatic heterocycles.